The Hall–Kier alpha value is -3.32. The highest BCUT2D eigenvalue weighted by atomic mass is 35.5. The molecule has 0 radical (unpaired) electrons. The summed E-state index contributed by atoms with van der Waals surface area (Å²) in [5.74, 6) is 0.299. The van der Waals surface area contributed by atoms with Crippen LogP contribution in [0.5, 0.6) is 0 Å². The fourth-order valence-electron chi connectivity index (χ4n) is 2.62. The number of nitrogens with zero attached hydrogens (tertiary/aromatic N) is 6. The van der Waals surface area contributed by atoms with Crippen LogP contribution in [-0.2, 0) is 0 Å². The molecule has 4 rings (SSSR count). The van der Waals surface area contributed by atoms with Gasteiger partial charge in [0.1, 0.15) is 17.3 Å². The second kappa shape index (κ2) is 7.13. The summed E-state index contributed by atoms with van der Waals surface area (Å²) in [5.41, 5.74) is 2.92. The molecule has 6 nitrogen and oxygen atoms in total. The first-order valence-electron chi connectivity index (χ1n) is 8.14. The topological polar surface area (TPSA) is 60.9 Å². The van der Waals surface area contributed by atoms with Crippen LogP contribution in [0.25, 0.3) is 17.1 Å². The van der Waals surface area contributed by atoms with Crippen molar-refractivity contribution in [2.75, 3.05) is 0 Å². The van der Waals surface area contributed by atoms with Crippen molar-refractivity contribution in [2.24, 2.45) is 5.10 Å². The minimum Gasteiger partial charge on any atom is -0.221 e. The molecule has 0 unspecified atom stereocenters. The van der Waals surface area contributed by atoms with E-state index in [0.717, 1.165) is 5.56 Å². The molecule has 0 saturated carbocycles. The first-order chi connectivity index (χ1) is 13.1. The predicted molar refractivity (Wildman–Crippen MR) is 102 cm³/mol. The lowest BCUT2D eigenvalue weighted by Gasteiger charge is -2.02. The first kappa shape index (κ1) is 17.1. The molecule has 0 aliphatic rings. The molecule has 0 bridgehead atoms. The smallest absolute Gasteiger partial charge is 0.184 e. The maximum absolute atomic E-state index is 13.1. The van der Waals surface area contributed by atoms with Crippen molar-refractivity contribution in [3.63, 3.8) is 0 Å². The fraction of sp³-hybridized carbons (Fsp3) is 0.0526. The van der Waals surface area contributed by atoms with Gasteiger partial charge in [-0.1, -0.05) is 41.9 Å². The molecule has 2 aromatic carbocycles. The van der Waals surface area contributed by atoms with Gasteiger partial charge in [-0.25, -0.2) is 9.07 Å². The van der Waals surface area contributed by atoms with Gasteiger partial charge in [-0.2, -0.15) is 14.9 Å². The third kappa shape index (κ3) is 3.37. The van der Waals surface area contributed by atoms with Gasteiger partial charge in [-0.05, 0) is 31.2 Å². The van der Waals surface area contributed by atoms with Crippen LogP contribution < -0.4 is 0 Å². The highest BCUT2D eigenvalue weighted by molar-refractivity contribution is 6.32. The van der Waals surface area contributed by atoms with Gasteiger partial charge in [0.05, 0.1) is 23.2 Å². The maximum Gasteiger partial charge on any atom is 0.184 e. The second-order valence-electron chi connectivity index (χ2n) is 5.79. The zero-order valence-corrected chi connectivity index (χ0v) is 15.0. The lowest BCUT2D eigenvalue weighted by molar-refractivity contribution is 0.627. The molecule has 4 aromatic rings. The van der Waals surface area contributed by atoms with E-state index < -0.39 is 0 Å². The van der Waals surface area contributed by atoms with E-state index in [-0.39, 0.29) is 5.82 Å². The van der Waals surface area contributed by atoms with Crippen LogP contribution in [0.4, 0.5) is 4.39 Å². The molecule has 134 valence electrons. The normalized spacial score (nSPS) is 11.4. The van der Waals surface area contributed by atoms with Crippen molar-refractivity contribution in [1.82, 2.24) is 24.7 Å². The molecule has 27 heavy (non-hydrogen) atoms. The number of aryl methyl sites for hydroxylation is 1. The van der Waals surface area contributed by atoms with Crippen LogP contribution in [0.2, 0.25) is 5.15 Å². The fourth-order valence-corrected chi connectivity index (χ4v) is 2.94. The van der Waals surface area contributed by atoms with Gasteiger partial charge in [0.15, 0.2) is 5.82 Å². The highest BCUT2D eigenvalue weighted by Gasteiger charge is 2.14. The summed E-state index contributed by atoms with van der Waals surface area (Å²) in [7, 11) is 0. The Bertz CT molecular complexity index is 1100. The van der Waals surface area contributed by atoms with E-state index >= 15 is 0 Å². The summed E-state index contributed by atoms with van der Waals surface area (Å²) in [6.45, 7) is 1.83. The number of hydrogen-bond acceptors (Lipinski definition) is 4. The largest absolute Gasteiger partial charge is 0.221 e. The van der Waals surface area contributed by atoms with Gasteiger partial charge in [0.2, 0.25) is 0 Å². The number of rotatable bonds is 4. The van der Waals surface area contributed by atoms with Gasteiger partial charge in [-0.15, -0.1) is 10.2 Å². The Kier molecular flexibility index (Phi) is 4.52. The quantitative estimate of drug-likeness (QED) is 0.500. The molecular weight excluding hydrogens is 367 g/mol. The van der Waals surface area contributed by atoms with E-state index in [0.29, 0.717) is 27.9 Å². The van der Waals surface area contributed by atoms with Crippen LogP contribution >= 0.6 is 11.6 Å². The Morgan fingerprint density at radius 2 is 1.81 bits per heavy atom. The molecular formula is C19H14ClFN6. The van der Waals surface area contributed by atoms with Crippen molar-refractivity contribution in [3.05, 3.63) is 83.2 Å². The monoisotopic (exact) mass is 380 g/mol. The standard InChI is InChI=1S/C19H14ClFN6/c1-13-17(18(20)27(25-13)16-9-7-15(21)8-10-16)11-23-26-12-22-24-19(26)14-5-3-2-4-6-14/h2-12H,1H3/b23-11-. The summed E-state index contributed by atoms with van der Waals surface area (Å²) in [5, 5.41) is 17.3. The van der Waals surface area contributed by atoms with Crippen LogP contribution in [0.15, 0.2) is 66.0 Å². The Morgan fingerprint density at radius 1 is 1.07 bits per heavy atom. The minimum atomic E-state index is -0.318. The van der Waals surface area contributed by atoms with Crippen molar-refractivity contribution < 1.29 is 4.39 Å². The Labute approximate surface area is 159 Å². The SMILES string of the molecule is Cc1nn(-c2ccc(F)cc2)c(Cl)c1/C=N\n1cnnc1-c1ccccc1. The van der Waals surface area contributed by atoms with Gasteiger partial charge in [-0.3, -0.25) is 0 Å². The average molecular weight is 381 g/mol. The number of hydrogen-bond donors (Lipinski definition) is 0. The third-order valence-electron chi connectivity index (χ3n) is 3.99. The molecule has 0 atom stereocenters. The van der Waals surface area contributed by atoms with E-state index in [9.17, 15) is 4.39 Å². The van der Waals surface area contributed by atoms with Crippen molar-refractivity contribution in [2.45, 2.75) is 6.92 Å². The maximum atomic E-state index is 13.1. The second-order valence-corrected chi connectivity index (χ2v) is 6.15. The molecule has 0 fully saturated rings. The zero-order chi connectivity index (χ0) is 18.8. The highest BCUT2D eigenvalue weighted by Crippen LogP contribution is 2.23. The van der Waals surface area contributed by atoms with Gasteiger partial charge in [0, 0.05) is 5.56 Å². The molecule has 8 heteroatoms. The van der Waals surface area contributed by atoms with Gasteiger partial charge < -0.3 is 0 Å². The Morgan fingerprint density at radius 3 is 2.56 bits per heavy atom. The summed E-state index contributed by atoms with van der Waals surface area (Å²) in [6, 6.07) is 15.6. The summed E-state index contributed by atoms with van der Waals surface area (Å²) in [6.07, 6.45) is 3.13. The molecule has 0 aliphatic heterocycles. The van der Waals surface area contributed by atoms with Crippen LogP contribution in [0, 0.1) is 12.7 Å². The number of aromatic nitrogens is 5. The van der Waals surface area contributed by atoms with Crippen LogP contribution in [0.1, 0.15) is 11.3 Å². The molecule has 0 N–H and O–H groups in total. The lowest BCUT2D eigenvalue weighted by Crippen LogP contribution is -1.97. The summed E-state index contributed by atoms with van der Waals surface area (Å²) < 4.78 is 16.3. The van der Waals surface area contributed by atoms with E-state index in [1.165, 1.54) is 18.5 Å². The van der Waals surface area contributed by atoms with E-state index in [1.807, 2.05) is 37.3 Å². The molecule has 2 aromatic heterocycles. The first-order valence-corrected chi connectivity index (χ1v) is 8.52. The Balaban J connectivity index is 1.68. The van der Waals surface area contributed by atoms with E-state index in [4.69, 9.17) is 11.6 Å². The van der Waals surface area contributed by atoms with Crippen molar-refractivity contribution in [3.8, 4) is 17.1 Å². The van der Waals surface area contributed by atoms with Crippen molar-refractivity contribution in [1.29, 1.82) is 0 Å². The van der Waals surface area contributed by atoms with Crippen molar-refractivity contribution >= 4 is 17.8 Å². The lowest BCUT2D eigenvalue weighted by atomic mass is 10.2. The summed E-state index contributed by atoms with van der Waals surface area (Å²) >= 11 is 6.48. The van der Waals surface area contributed by atoms with Crippen LogP contribution in [-0.4, -0.2) is 30.9 Å². The molecule has 0 spiro atoms. The van der Waals surface area contributed by atoms with E-state index in [2.05, 4.69) is 20.4 Å². The number of halogens is 2. The molecule has 0 saturated heterocycles. The van der Waals surface area contributed by atoms with Gasteiger partial charge >= 0.3 is 0 Å². The predicted octanol–water partition coefficient (Wildman–Crippen LogP) is 4.11. The van der Waals surface area contributed by atoms with Gasteiger partial charge in [0.25, 0.3) is 0 Å². The zero-order valence-electron chi connectivity index (χ0n) is 14.3. The molecule has 2 heterocycles. The van der Waals surface area contributed by atoms with E-state index in [1.54, 1.807) is 27.7 Å². The average Bonchev–Trinajstić information content (AvgIpc) is 3.26. The summed E-state index contributed by atoms with van der Waals surface area (Å²) in [4.78, 5) is 0. The van der Waals surface area contributed by atoms with Crippen LogP contribution in [0.3, 0.4) is 0 Å². The third-order valence-corrected chi connectivity index (χ3v) is 4.36. The molecule has 0 amide bonds. The number of benzene rings is 2. The minimum absolute atomic E-state index is 0.318. The molecule has 0 aliphatic carbocycles.